The predicted octanol–water partition coefficient (Wildman–Crippen LogP) is 1.65. The van der Waals surface area contributed by atoms with Gasteiger partial charge in [0.25, 0.3) is 0 Å². The van der Waals surface area contributed by atoms with Gasteiger partial charge >= 0.3 is 0 Å². The first-order valence-corrected chi connectivity index (χ1v) is 4.41. The van der Waals surface area contributed by atoms with Gasteiger partial charge in [0.05, 0.1) is 6.10 Å². The first-order chi connectivity index (χ1) is 6.59. The molecule has 0 saturated carbocycles. The van der Waals surface area contributed by atoms with Crippen LogP contribution in [0.2, 0.25) is 0 Å². The normalized spacial score (nSPS) is 25.4. The molecule has 1 aromatic carbocycles. The Hall–Kier alpha value is -1.16. The Morgan fingerprint density at radius 1 is 1.43 bits per heavy atom. The lowest BCUT2D eigenvalue weighted by molar-refractivity contribution is 0.0312. The van der Waals surface area contributed by atoms with E-state index in [0.29, 0.717) is 5.75 Å². The molecule has 2 atom stereocenters. The smallest absolute Gasteiger partial charge is 0.165 e. The fourth-order valence-electron chi connectivity index (χ4n) is 1.53. The minimum absolute atomic E-state index is 0.0973. The number of aliphatic hydroxyl groups excluding tert-OH is 1. The van der Waals surface area contributed by atoms with Crippen molar-refractivity contribution in [2.75, 3.05) is 0 Å². The quantitative estimate of drug-likeness (QED) is 0.690. The van der Waals surface area contributed by atoms with Crippen molar-refractivity contribution in [1.29, 1.82) is 0 Å². The number of halogens is 2. The summed E-state index contributed by atoms with van der Waals surface area (Å²) in [5.74, 6) is -1.51. The minimum Gasteiger partial charge on any atom is -0.488 e. The summed E-state index contributed by atoms with van der Waals surface area (Å²) in [5, 5.41) is 9.43. The van der Waals surface area contributed by atoms with Gasteiger partial charge in [0.1, 0.15) is 11.9 Å². The maximum Gasteiger partial charge on any atom is 0.165 e. The first-order valence-electron chi connectivity index (χ1n) is 4.41. The summed E-state index contributed by atoms with van der Waals surface area (Å²) in [6.07, 6.45) is -1.06. The summed E-state index contributed by atoms with van der Waals surface area (Å²) in [7, 11) is 0. The Kier molecular flexibility index (Phi) is 2.15. The van der Waals surface area contributed by atoms with Gasteiger partial charge in [-0.2, -0.15) is 0 Å². The molecule has 2 unspecified atom stereocenters. The molecule has 0 saturated heterocycles. The van der Waals surface area contributed by atoms with Crippen molar-refractivity contribution in [3.8, 4) is 5.75 Å². The topological polar surface area (TPSA) is 29.5 Å². The Bertz CT molecular complexity index is 365. The Labute approximate surface area is 80.1 Å². The maximum atomic E-state index is 13.2. The summed E-state index contributed by atoms with van der Waals surface area (Å²) in [6, 6.07) is 2.41. The summed E-state index contributed by atoms with van der Waals surface area (Å²) >= 11 is 0. The van der Waals surface area contributed by atoms with Gasteiger partial charge < -0.3 is 9.84 Å². The fourth-order valence-corrected chi connectivity index (χ4v) is 1.53. The van der Waals surface area contributed by atoms with Crippen molar-refractivity contribution in [1.82, 2.24) is 0 Å². The third kappa shape index (κ3) is 1.35. The highest BCUT2D eigenvalue weighted by Gasteiger charge is 2.28. The highest BCUT2D eigenvalue weighted by molar-refractivity contribution is 5.37. The van der Waals surface area contributed by atoms with E-state index in [4.69, 9.17) is 4.74 Å². The van der Waals surface area contributed by atoms with Crippen LogP contribution < -0.4 is 4.74 Å². The zero-order valence-electron chi connectivity index (χ0n) is 7.63. The van der Waals surface area contributed by atoms with Crippen LogP contribution in [0.5, 0.6) is 5.75 Å². The maximum absolute atomic E-state index is 13.2. The summed E-state index contributed by atoms with van der Waals surface area (Å²) in [6.45, 7) is 1.69. The van der Waals surface area contributed by atoms with Crippen molar-refractivity contribution < 1.29 is 18.6 Å². The second kappa shape index (κ2) is 3.20. The Morgan fingerprint density at radius 3 is 2.86 bits per heavy atom. The van der Waals surface area contributed by atoms with Crippen molar-refractivity contribution in [2.45, 2.75) is 25.6 Å². The number of hydrogen-bond acceptors (Lipinski definition) is 2. The van der Waals surface area contributed by atoms with Crippen LogP contribution in [-0.2, 0) is 6.42 Å². The number of fused-ring (bicyclic) bond motifs is 1. The molecular weight excluding hydrogens is 190 g/mol. The zero-order valence-corrected chi connectivity index (χ0v) is 7.63. The molecule has 1 aliphatic rings. The van der Waals surface area contributed by atoms with Gasteiger partial charge in [-0.05, 0) is 19.1 Å². The van der Waals surface area contributed by atoms with Crippen molar-refractivity contribution in [2.24, 2.45) is 0 Å². The molecule has 0 aliphatic carbocycles. The molecule has 0 amide bonds. The largest absolute Gasteiger partial charge is 0.488 e. The van der Waals surface area contributed by atoms with E-state index in [-0.39, 0.29) is 18.1 Å². The van der Waals surface area contributed by atoms with Gasteiger partial charge in [-0.15, -0.1) is 0 Å². The fraction of sp³-hybridized carbons (Fsp3) is 0.400. The molecule has 76 valence electrons. The number of hydrogen-bond donors (Lipinski definition) is 1. The van der Waals surface area contributed by atoms with Crippen LogP contribution in [0, 0.1) is 11.6 Å². The molecule has 1 N–H and O–H groups in total. The average Bonchev–Trinajstić information content (AvgIpc) is 2.15. The summed E-state index contributed by atoms with van der Waals surface area (Å²) in [5.41, 5.74) is 0.121. The molecule has 0 spiro atoms. The molecule has 1 aliphatic heterocycles. The molecule has 0 radical (unpaired) electrons. The number of benzene rings is 1. The van der Waals surface area contributed by atoms with Gasteiger partial charge in [-0.25, -0.2) is 8.78 Å². The molecule has 2 rings (SSSR count). The van der Waals surface area contributed by atoms with Gasteiger partial charge in [-0.1, -0.05) is 0 Å². The second-order valence-electron chi connectivity index (χ2n) is 3.43. The Balaban J connectivity index is 2.47. The summed E-state index contributed by atoms with van der Waals surface area (Å²) < 4.78 is 31.3. The summed E-state index contributed by atoms with van der Waals surface area (Å²) in [4.78, 5) is 0. The molecule has 14 heavy (non-hydrogen) atoms. The standard InChI is InChI=1S/C10H10F2O2/c1-5-8(13)4-6-9(14-5)3-2-7(11)10(6)12/h2-3,5,8,13H,4H2,1H3. The van der Waals surface area contributed by atoms with Gasteiger partial charge in [0, 0.05) is 12.0 Å². The lowest BCUT2D eigenvalue weighted by Crippen LogP contribution is -2.35. The van der Waals surface area contributed by atoms with Crippen molar-refractivity contribution in [3.05, 3.63) is 29.3 Å². The van der Waals surface area contributed by atoms with Crippen LogP contribution >= 0.6 is 0 Å². The van der Waals surface area contributed by atoms with Crippen molar-refractivity contribution in [3.63, 3.8) is 0 Å². The SMILES string of the molecule is CC1Oc2ccc(F)c(F)c2CC1O. The molecule has 2 nitrogen and oxygen atoms in total. The second-order valence-corrected chi connectivity index (χ2v) is 3.43. The van der Waals surface area contributed by atoms with E-state index in [9.17, 15) is 13.9 Å². The van der Waals surface area contributed by atoms with E-state index in [0.717, 1.165) is 6.07 Å². The number of aliphatic hydroxyl groups is 1. The molecule has 0 bridgehead atoms. The molecule has 1 heterocycles. The third-order valence-corrected chi connectivity index (χ3v) is 2.42. The predicted molar refractivity (Wildman–Crippen MR) is 46.2 cm³/mol. The van der Waals surface area contributed by atoms with Gasteiger partial charge in [0.15, 0.2) is 11.6 Å². The van der Waals surface area contributed by atoms with Crippen LogP contribution in [-0.4, -0.2) is 17.3 Å². The lowest BCUT2D eigenvalue weighted by Gasteiger charge is -2.28. The highest BCUT2D eigenvalue weighted by atomic mass is 19.2. The van der Waals surface area contributed by atoms with Crippen LogP contribution in [0.4, 0.5) is 8.78 Å². The molecule has 0 fully saturated rings. The van der Waals surface area contributed by atoms with E-state index in [1.807, 2.05) is 0 Å². The minimum atomic E-state index is -0.923. The van der Waals surface area contributed by atoms with Crippen LogP contribution in [0.1, 0.15) is 12.5 Å². The van der Waals surface area contributed by atoms with E-state index in [2.05, 4.69) is 0 Å². The van der Waals surface area contributed by atoms with E-state index in [1.54, 1.807) is 6.92 Å². The van der Waals surface area contributed by atoms with E-state index < -0.39 is 17.7 Å². The van der Waals surface area contributed by atoms with Crippen LogP contribution in [0.3, 0.4) is 0 Å². The monoisotopic (exact) mass is 200 g/mol. The lowest BCUT2D eigenvalue weighted by atomic mass is 9.99. The zero-order chi connectivity index (χ0) is 10.3. The van der Waals surface area contributed by atoms with Crippen LogP contribution in [0.25, 0.3) is 0 Å². The highest BCUT2D eigenvalue weighted by Crippen LogP contribution is 2.30. The van der Waals surface area contributed by atoms with Gasteiger partial charge in [-0.3, -0.25) is 0 Å². The number of rotatable bonds is 0. The van der Waals surface area contributed by atoms with Gasteiger partial charge in [0.2, 0.25) is 0 Å². The third-order valence-electron chi connectivity index (χ3n) is 2.42. The van der Waals surface area contributed by atoms with Crippen LogP contribution in [0.15, 0.2) is 12.1 Å². The van der Waals surface area contributed by atoms with E-state index >= 15 is 0 Å². The Morgan fingerprint density at radius 2 is 2.14 bits per heavy atom. The molecule has 4 heteroatoms. The average molecular weight is 200 g/mol. The molecule has 1 aromatic rings. The number of ether oxygens (including phenoxy) is 1. The van der Waals surface area contributed by atoms with Crippen molar-refractivity contribution >= 4 is 0 Å². The first kappa shape index (κ1) is 9.40. The van der Waals surface area contributed by atoms with E-state index in [1.165, 1.54) is 6.07 Å². The molecular formula is C10H10F2O2. The molecule has 0 aromatic heterocycles.